The molecule has 3 nitrogen and oxygen atoms in total. The molecule has 0 aromatic carbocycles. The lowest BCUT2D eigenvalue weighted by molar-refractivity contribution is -0.109. The Kier molecular flexibility index (Phi) is 2.83. The summed E-state index contributed by atoms with van der Waals surface area (Å²) in [5, 5.41) is 3.10. The van der Waals surface area contributed by atoms with Crippen LogP contribution in [0.1, 0.15) is 13.3 Å². The lowest BCUT2D eigenvalue weighted by atomic mass is 10.3. The topological polar surface area (TPSA) is 32.3 Å². The summed E-state index contributed by atoms with van der Waals surface area (Å²) < 4.78 is 0. The molecule has 1 fully saturated rings. The molecule has 3 heteroatoms. The van der Waals surface area contributed by atoms with Gasteiger partial charge in [0.1, 0.15) is 6.29 Å². The number of nitrogens with zero attached hydrogens (tertiary/aromatic N) is 1. The third-order valence-electron chi connectivity index (χ3n) is 1.74. The van der Waals surface area contributed by atoms with Crippen LogP contribution in [0.2, 0.25) is 0 Å². The van der Waals surface area contributed by atoms with E-state index in [1.165, 1.54) is 0 Å². The molecule has 1 heterocycles. The van der Waals surface area contributed by atoms with Gasteiger partial charge in [0.15, 0.2) is 0 Å². The molecule has 1 atom stereocenters. The molecule has 58 valence electrons. The molecular weight excluding hydrogens is 128 g/mol. The predicted molar refractivity (Wildman–Crippen MR) is 39.7 cm³/mol. The van der Waals surface area contributed by atoms with Gasteiger partial charge in [-0.1, -0.05) is 6.92 Å². The van der Waals surface area contributed by atoms with E-state index in [4.69, 9.17) is 0 Å². The van der Waals surface area contributed by atoms with E-state index >= 15 is 0 Å². The van der Waals surface area contributed by atoms with Crippen molar-refractivity contribution in [2.75, 3.05) is 19.8 Å². The number of aldehydes is 1. The minimum Gasteiger partial charge on any atom is -0.302 e. The maximum Gasteiger partial charge on any atom is 0.138 e. The quantitative estimate of drug-likeness (QED) is 0.555. The number of carbonyl (C=O) groups is 1. The third-order valence-corrected chi connectivity index (χ3v) is 1.74. The largest absolute Gasteiger partial charge is 0.302 e. The SMILES string of the molecule is CCCN1CNC(C=O)C1. The van der Waals surface area contributed by atoms with Gasteiger partial charge in [-0.05, 0) is 13.0 Å². The molecular formula is C7H14N2O. The zero-order valence-electron chi connectivity index (χ0n) is 6.34. The van der Waals surface area contributed by atoms with Crippen LogP contribution in [0.3, 0.4) is 0 Å². The Morgan fingerprint density at radius 3 is 3.10 bits per heavy atom. The highest BCUT2D eigenvalue weighted by Crippen LogP contribution is 1.98. The van der Waals surface area contributed by atoms with Gasteiger partial charge in [-0.15, -0.1) is 0 Å². The van der Waals surface area contributed by atoms with Crippen molar-refractivity contribution in [3.05, 3.63) is 0 Å². The minimum absolute atomic E-state index is 0.0755. The molecule has 10 heavy (non-hydrogen) atoms. The number of hydrogen-bond acceptors (Lipinski definition) is 3. The second-order valence-corrected chi connectivity index (χ2v) is 2.68. The van der Waals surface area contributed by atoms with Gasteiger partial charge in [0.2, 0.25) is 0 Å². The average molecular weight is 142 g/mol. The molecule has 0 spiro atoms. The number of carbonyl (C=O) groups excluding carboxylic acids is 1. The van der Waals surface area contributed by atoms with E-state index < -0.39 is 0 Å². The molecule has 1 N–H and O–H groups in total. The van der Waals surface area contributed by atoms with Crippen molar-refractivity contribution in [3.8, 4) is 0 Å². The van der Waals surface area contributed by atoms with Gasteiger partial charge in [-0.3, -0.25) is 10.2 Å². The molecule has 1 saturated heterocycles. The van der Waals surface area contributed by atoms with Gasteiger partial charge in [-0.2, -0.15) is 0 Å². The van der Waals surface area contributed by atoms with Crippen molar-refractivity contribution < 1.29 is 4.79 Å². The first-order valence-electron chi connectivity index (χ1n) is 3.78. The highest BCUT2D eigenvalue weighted by atomic mass is 16.1. The fourth-order valence-electron chi connectivity index (χ4n) is 1.23. The first kappa shape index (κ1) is 7.69. The van der Waals surface area contributed by atoms with E-state index in [-0.39, 0.29) is 6.04 Å². The fourth-order valence-corrected chi connectivity index (χ4v) is 1.23. The summed E-state index contributed by atoms with van der Waals surface area (Å²) >= 11 is 0. The summed E-state index contributed by atoms with van der Waals surface area (Å²) in [7, 11) is 0. The molecule has 1 aliphatic heterocycles. The van der Waals surface area contributed by atoms with Crippen LogP contribution in [-0.4, -0.2) is 37.0 Å². The smallest absolute Gasteiger partial charge is 0.138 e. The van der Waals surface area contributed by atoms with Crippen molar-refractivity contribution >= 4 is 6.29 Å². The van der Waals surface area contributed by atoms with Crippen LogP contribution in [0, 0.1) is 0 Å². The second kappa shape index (κ2) is 3.68. The Bertz CT molecular complexity index is 116. The third kappa shape index (κ3) is 1.78. The number of rotatable bonds is 3. The van der Waals surface area contributed by atoms with Crippen LogP contribution in [0.4, 0.5) is 0 Å². The Morgan fingerprint density at radius 2 is 2.60 bits per heavy atom. The van der Waals surface area contributed by atoms with Crippen molar-refractivity contribution in [3.63, 3.8) is 0 Å². The molecule has 0 radical (unpaired) electrons. The molecule has 0 bridgehead atoms. The van der Waals surface area contributed by atoms with Crippen molar-refractivity contribution in [2.24, 2.45) is 0 Å². The van der Waals surface area contributed by atoms with Crippen LogP contribution < -0.4 is 5.32 Å². The molecule has 0 amide bonds. The highest BCUT2D eigenvalue weighted by Gasteiger charge is 2.19. The lowest BCUT2D eigenvalue weighted by Crippen LogP contribution is -2.24. The second-order valence-electron chi connectivity index (χ2n) is 2.68. The van der Waals surface area contributed by atoms with Gasteiger partial charge in [0.05, 0.1) is 6.04 Å². The van der Waals surface area contributed by atoms with E-state index in [0.29, 0.717) is 0 Å². The number of hydrogen-bond donors (Lipinski definition) is 1. The van der Waals surface area contributed by atoms with E-state index in [0.717, 1.165) is 32.5 Å². The lowest BCUT2D eigenvalue weighted by Gasteiger charge is -2.10. The molecule has 0 saturated carbocycles. The normalized spacial score (nSPS) is 27.1. The molecule has 1 aliphatic rings. The summed E-state index contributed by atoms with van der Waals surface area (Å²) in [6, 6.07) is 0.0755. The minimum atomic E-state index is 0.0755. The zero-order chi connectivity index (χ0) is 7.40. The van der Waals surface area contributed by atoms with Crippen molar-refractivity contribution in [2.45, 2.75) is 19.4 Å². The summed E-state index contributed by atoms with van der Waals surface area (Å²) in [5.41, 5.74) is 0. The van der Waals surface area contributed by atoms with Gasteiger partial charge < -0.3 is 4.79 Å². The maximum absolute atomic E-state index is 10.3. The average Bonchev–Trinajstić information content (AvgIpc) is 2.37. The Balaban J connectivity index is 2.21. The van der Waals surface area contributed by atoms with Crippen LogP contribution in [-0.2, 0) is 4.79 Å². The predicted octanol–water partition coefficient (Wildman–Crippen LogP) is -0.173. The van der Waals surface area contributed by atoms with Gasteiger partial charge >= 0.3 is 0 Å². The summed E-state index contributed by atoms with van der Waals surface area (Å²) in [6.45, 7) is 5.00. The fraction of sp³-hybridized carbons (Fsp3) is 0.857. The Labute approximate surface area is 61.4 Å². The summed E-state index contributed by atoms with van der Waals surface area (Å²) in [5.74, 6) is 0. The Morgan fingerprint density at radius 1 is 1.80 bits per heavy atom. The summed E-state index contributed by atoms with van der Waals surface area (Å²) in [6.07, 6.45) is 2.14. The van der Waals surface area contributed by atoms with Crippen LogP contribution in [0.25, 0.3) is 0 Å². The standard InChI is InChI=1S/C7H14N2O/c1-2-3-9-4-7(5-10)8-6-9/h5,7-8H,2-4,6H2,1H3. The van der Waals surface area contributed by atoms with E-state index in [1.807, 2.05) is 0 Å². The van der Waals surface area contributed by atoms with Gasteiger partial charge in [-0.25, -0.2) is 0 Å². The monoisotopic (exact) mass is 142 g/mol. The van der Waals surface area contributed by atoms with Crippen LogP contribution >= 0.6 is 0 Å². The molecule has 0 aromatic rings. The highest BCUT2D eigenvalue weighted by molar-refractivity contribution is 5.58. The molecule has 0 aliphatic carbocycles. The first-order chi connectivity index (χ1) is 4.86. The van der Waals surface area contributed by atoms with Crippen molar-refractivity contribution in [1.82, 2.24) is 10.2 Å². The van der Waals surface area contributed by atoms with Crippen molar-refractivity contribution in [1.29, 1.82) is 0 Å². The maximum atomic E-state index is 10.3. The van der Waals surface area contributed by atoms with Gasteiger partial charge in [0, 0.05) is 13.2 Å². The first-order valence-corrected chi connectivity index (χ1v) is 3.78. The zero-order valence-corrected chi connectivity index (χ0v) is 6.34. The van der Waals surface area contributed by atoms with E-state index in [2.05, 4.69) is 17.1 Å². The molecule has 0 aromatic heterocycles. The van der Waals surface area contributed by atoms with Crippen LogP contribution in [0.5, 0.6) is 0 Å². The van der Waals surface area contributed by atoms with E-state index in [9.17, 15) is 4.79 Å². The van der Waals surface area contributed by atoms with E-state index in [1.54, 1.807) is 0 Å². The number of nitrogens with one attached hydrogen (secondary N) is 1. The molecule has 1 unspecified atom stereocenters. The summed E-state index contributed by atoms with van der Waals surface area (Å²) in [4.78, 5) is 12.5. The Hall–Kier alpha value is -0.410. The van der Waals surface area contributed by atoms with Crippen LogP contribution in [0.15, 0.2) is 0 Å². The van der Waals surface area contributed by atoms with Gasteiger partial charge in [0.25, 0.3) is 0 Å². The molecule has 1 rings (SSSR count).